The molecular formula is C40H22O3. The molecule has 0 radical (unpaired) electrons. The van der Waals surface area contributed by atoms with Gasteiger partial charge in [-0.2, -0.15) is 0 Å². The predicted octanol–water partition coefficient (Wildman–Crippen LogP) is 11.9. The lowest BCUT2D eigenvalue weighted by Gasteiger charge is -2.18. The van der Waals surface area contributed by atoms with Gasteiger partial charge in [-0.3, -0.25) is 0 Å². The largest absolute Gasteiger partial charge is 0.464 e. The second-order valence-corrected chi connectivity index (χ2v) is 11.2. The molecule has 7 aromatic carbocycles. The van der Waals surface area contributed by atoms with Crippen LogP contribution in [0.15, 0.2) is 147 Å². The van der Waals surface area contributed by atoms with Crippen LogP contribution >= 0.6 is 0 Å². The van der Waals surface area contributed by atoms with Crippen LogP contribution < -0.4 is 0 Å². The van der Waals surface area contributed by atoms with Gasteiger partial charge in [0.1, 0.15) is 27.9 Å². The Labute approximate surface area is 245 Å². The first-order chi connectivity index (χ1) is 21.3. The first-order valence-electron chi connectivity index (χ1n) is 14.5. The number of benzene rings is 7. The third kappa shape index (κ3) is 3.08. The Morgan fingerprint density at radius 3 is 1.74 bits per heavy atom. The number of fused-ring (bicyclic) bond motifs is 10. The van der Waals surface area contributed by atoms with E-state index in [9.17, 15) is 0 Å². The molecule has 3 aromatic heterocycles. The standard InChI is InChI=1S/C40H22O3/c1-3-11-27-25(9-1)37(23-16-18-36-33(22-23)30-17-19-34-31(20-21-41-34)39(30)43-36)26-10-2-4-12-28(26)38(27)32-14-7-13-29-24-8-5-6-15-35(24)42-40(29)32/h1-22H. The molecule has 0 bridgehead atoms. The minimum absolute atomic E-state index is 0.832. The van der Waals surface area contributed by atoms with E-state index < -0.39 is 0 Å². The van der Waals surface area contributed by atoms with Gasteiger partial charge in [0.25, 0.3) is 0 Å². The Bertz CT molecular complexity index is 2680. The van der Waals surface area contributed by atoms with Gasteiger partial charge in [-0.25, -0.2) is 0 Å². The molecule has 0 atom stereocenters. The number of hydrogen-bond acceptors (Lipinski definition) is 3. The van der Waals surface area contributed by atoms with Crippen LogP contribution in [0.4, 0.5) is 0 Å². The Kier molecular flexibility index (Phi) is 4.45. The van der Waals surface area contributed by atoms with Gasteiger partial charge in [0.05, 0.1) is 11.6 Å². The molecule has 3 heterocycles. The van der Waals surface area contributed by atoms with Crippen LogP contribution in [0.5, 0.6) is 0 Å². The van der Waals surface area contributed by atoms with Crippen molar-refractivity contribution in [2.75, 3.05) is 0 Å². The van der Waals surface area contributed by atoms with Crippen LogP contribution in [0.1, 0.15) is 0 Å². The molecule has 43 heavy (non-hydrogen) atoms. The SMILES string of the molecule is c1ccc2c(c1)oc1c(-c3c4ccccc4c(-c4ccc5oc6c7ccoc7ccc6c5c4)c4ccccc34)cccc12. The van der Waals surface area contributed by atoms with Crippen molar-refractivity contribution in [3.05, 3.63) is 134 Å². The van der Waals surface area contributed by atoms with E-state index in [0.717, 1.165) is 66.0 Å². The second kappa shape index (κ2) is 8.37. The summed E-state index contributed by atoms with van der Waals surface area (Å²) in [5, 5.41) is 10.3. The lowest BCUT2D eigenvalue weighted by molar-refractivity contribution is 0.615. The van der Waals surface area contributed by atoms with E-state index in [0.29, 0.717) is 0 Å². The van der Waals surface area contributed by atoms with E-state index in [1.807, 2.05) is 24.3 Å². The van der Waals surface area contributed by atoms with Crippen molar-refractivity contribution in [3.8, 4) is 22.3 Å². The third-order valence-electron chi connectivity index (χ3n) is 8.96. The van der Waals surface area contributed by atoms with Crippen LogP contribution in [-0.4, -0.2) is 0 Å². The summed E-state index contributed by atoms with van der Waals surface area (Å²) in [6.07, 6.45) is 1.72. The highest BCUT2D eigenvalue weighted by molar-refractivity contribution is 6.25. The van der Waals surface area contributed by atoms with Crippen molar-refractivity contribution in [1.82, 2.24) is 0 Å². The summed E-state index contributed by atoms with van der Waals surface area (Å²) >= 11 is 0. The quantitative estimate of drug-likeness (QED) is 0.201. The summed E-state index contributed by atoms with van der Waals surface area (Å²) in [6.45, 7) is 0. The van der Waals surface area contributed by atoms with Crippen molar-refractivity contribution >= 4 is 76.4 Å². The molecule has 0 amide bonds. The minimum Gasteiger partial charge on any atom is -0.464 e. The predicted molar refractivity (Wildman–Crippen MR) is 177 cm³/mol. The summed E-state index contributed by atoms with van der Waals surface area (Å²) in [6, 6.07) is 44.9. The third-order valence-corrected chi connectivity index (χ3v) is 8.96. The normalized spacial score (nSPS) is 12.2. The van der Waals surface area contributed by atoms with Crippen molar-refractivity contribution < 1.29 is 13.3 Å². The summed E-state index contributed by atoms with van der Waals surface area (Å²) in [5.41, 5.74) is 9.06. The Morgan fingerprint density at radius 2 is 0.953 bits per heavy atom. The van der Waals surface area contributed by atoms with Gasteiger partial charge in [0, 0.05) is 32.7 Å². The lowest BCUT2D eigenvalue weighted by Crippen LogP contribution is -1.91. The molecule has 0 aliphatic heterocycles. The van der Waals surface area contributed by atoms with Gasteiger partial charge in [0.2, 0.25) is 0 Å². The van der Waals surface area contributed by atoms with Crippen LogP contribution in [-0.2, 0) is 0 Å². The molecule has 10 aromatic rings. The fourth-order valence-electron chi connectivity index (χ4n) is 7.11. The van der Waals surface area contributed by atoms with E-state index in [1.54, 1.807) is 6.26 Å². The zero-order chi connectivity index (χ0) is 28.1. The highest BCUT2D eigenvalue weighted by atomic mass is 16.3. The Balaban J connectivity index is 1.31. The van der Waals surface area contributed by atoms with Crippen molar-refractivity contribution in [2.45, 2.75) is 0 Å². The highest BCUT2D eigenvalue weighted by Gasteiger charge is 2.21. The zero-order valence-corrected chi connectivity index (χ0v) is 22.9. The minimum atomic E-state index is 0.832. The smallest absolute Gasteiger partial charge is 0.146 e. The summed E-state index contributed by atoms with van der Waals surface area (Å²) < 4.78 is 18.5. The fraction of sp³-hybridized carbons (Fsp3) is 0. The van der Waals surface area contributed by atoms with Crippen LogP contribution in [0.2, 0.25) is 0 Å². The number of hydrogen-bond donors (Lipinski definition) is 0. The number of rotatable bonds is 2. The molecule has 200 valence electrons. The molecule has 0 aliphatic carbocycles. The molecule has 0 N–H and O–H groups in total. The number of para-hydroxylation sites is 2. The van der Waals surface area contributed by atoms with E-state index in [-0.39, 0.29) is 0 Å². The maximum absolute atomic E-state index is 6.54. The second-order valence-electron chi connectivity index (χ2n) is 11.2. The van der Waals surface area contributed by atoms with Crippen LogP contribution in [0, 0.1) is 0 Å². The van der Waals surface area contributed by atoms with Crippen LogP contribution in [0.25, 0.3) is 98.6 Å². The highest BCUT2D eigenvalue weighted by Crippen LogP contribution is 2.47. The molecule has 3 heteroatoms. The zero-order valence-electron chi connectivity index (χ0n) is 22.9. The molecule has 0 saturated heterocycles. The average Bonchev–Trinajstić information content (AvgIpc) is 3.78. The van der Waals surface area contributed by atoms with Gasteiger partial charge >= 0.3 is 0 Å². The summed E-state index contributed by atoms with van der Waals surface area (Å²) in [7, 11) is 0. The van der Waals surface area contributed by atoms with E-state index in [4.69, 9.17) is 13.3 Å². The summed E-state index contributed by atoms with van der Waals surface area (Å²) in [4.78, 5) is 0. The van der Waals surface area contributed by atoms with E-state index in [1.165, 1.54) is 32.7 Å². The average molecular weight is 551 g/mol. The van der Waals surface area contributed by atoms with Crippen LogP contribution in [0.3, 0.4) is 0 Å². The van der Waals surface area contributed by atoms with Crippen molar-refractivity contribution in [3.63, 3.8) is 0 Å². The Morgan fingerprint density at radius 1 is 0.349 bits per heavy atom. The molecule has 3 nitrogen and oxygen atoms in total. The van der Waals surface area contributed by atoms with Gasteiger partial charge in [0.15, 0.2) is 0 Å². The van der Waals surface area contributed by atoms with Crippen molar-refractivity contribution in [1.29, 1.82) is 0 Å². The maximum atomic E-state index is 6.54. The van der Waals surface area contributed by atoms with Crippen molar-refractivity contribution in [2.24, 2.45) is 0 Å². The molecule has 0 spiro atoms. The summed E-state index contributed by atoms with van der Waals surface area (Å²) in [5.74, 6) is 0. The van der Waals surface area contributed by atoms with Gasteiger partial charge in [-0.1, -0.05) is 91.0 Å². The Hall–Kier alpha value is -5.80. The van der Waals surface area contributed by atoms with Gasteiger partial charge in [-0.05, 0) is 69.1 Å². The molecule has 0 aliphatic rings. The topological polar surface area (TPSA) is 39.4 Å². The lowest BCUT2D eigenvalue weighted by atomic mass is 9.85. The molecule has 10 rings (SSSR count). The first kappa shape index (κ1) is 22.8. The van der Waals surface area contributed by atoms with Gasteiger partial charge in [-0.15, -0.1) is 0 Å². The first-order valence-corrected chi connectivity index (χ1v) is 14.5. The van der Waals surface area contributed by atoms with E-state index >= 15 is 0 Å². The molecule has 0 saturated carbocycles. The molecular weight excluding hydrogens is 528 g/mol. The molecule has 0 fully saturated rings. The molecule has 0 unspecified atom stereocenters. The van der Waals surface area contributed by atoms with E-state index in [2.05, 4.69) is 103 Å². The number of furan rings is 3. The monoisotopic (exact) mass is 550 g/mol. The fourth-order valence-corrected chi connectivity index (χ4v) is 7.11. The maximum Gasteiger partial charge on any atom is 0.146 e. The van der Waals surface area contributed by atoms with Gasteiger partial charge < -0.3 is 13.3 Å².